The monoisotopic (exact) mass is 180 g/mol. The van der Waals surface area contributed by atoms with E-state index in [1.54, 1.807) is 0 Å². The molecule has 0 N–H and O–H groups in total. The van der Waals surface area contributed by atoms with Crippen LogP contribution in [0, 0.1) is 6.92 Å². The molecule has 0 fully saturated rings. The van der Waals surface area contributed by atoms with Crippen LogP contribution in [0.5, 0.6) is 0 Å². The Morgan fingerprint density at radius 1 is 1.50 bits per heavy atom. The van der Waals surface area contributed by atoms with Gasteiger partial charge in [-0.05, 0) is 43.0 Å². The van der Waals surface area contributed by atoms with Gasteiger partial charge in [0.15, 0.2) is 0 Å². The van der Waals surface area contributed by atoms with Crippen molar-refractivity contribution in [1.82, 2.24) is 0 Å². The zero-order valence-electron chi connectivity index (χ0n) is 7.31. The van der Waals surface area contributed by atoms with E-state index in [0.29, 0.717) is 0 Å². The van der Waals surface area contributed by atoms with Crippen molar-refractivity contribution in [2.24, 2.45) is 0 Å². The van der Waals surface area contributed by atoms with Crippen molar-refractivity contribution in [3.63, 3.8) is 0 Å². The molecule has 0 heterocycles. The highest BCUT2D eigenvalue weighted by molar-refractivity contribution is 6.30. The van der Waals surface area contributed by atoms with Crippen LogP contribution < -0.4 is 0 Å². The fourth-order valence-electron chi connectivity index (χ4n) is 1.17. The van der Waals surface area contributed by atoms with Crippen molar-refractivity contribution in [3.8, 4) is 0 Å². The molecular formula is C11H13Cl. The van der Waals surface area contributed by atoms with E-state index in [9.17, 15) is 0 Å². The Bertz CT molecular complexity index is 276. The molecule has 0 radical (unpaired) electrons. The lowest BCUT2D eigenvalue weighted by Crippen LogP contribution is -1.87. The van der Waals surface area contributed by atoms with Crippen LogP contribution in [-0.4, -0.2) is 0 Å². The van der Waals surface area contributed by atoms with Gasteiger partial charge in [-0.2, -0.15) is 0 Å². The van der Waals surface area contributed by atoms with Crippen LogP contribution in [0.2, 0.25) is 5.02 Å². The van der Waals surface area contributed by atoms with Crippen LogP contribution in [-0.2, 0) is 6.42 Å². The molecule has 0 spiro atoms. The lowest BCUT2D eigenvalue weighted by atomic mass is 10.0. The molecule has 1 aromatic rings. The maximum Gasteiger partial charge on any atom is 0.0408 e. The summed E-state index contributed by atoms with van der Waals surface area (Å²) in [7, 11) is 0. The first-order chi connectivity index (χ1) is 5.74. The average Bonchev–Trinajstić information content (AvgIpc) is 2.07. The molecule has 0 saturated heterocycles. The predicted molar refractivity (Wildman–Crippen MR) is 54.7 cm³/mol. The van der Waals surface area contributed by atoms with Crippen molar-refractivity contribution in [2.75, 3.05) is 0 Å². The van der Waals surface area contributed by atoms with E-state index < -0.39 is 0 Å². The molecule has 0 aromatic heterocycles. The van der Waals surface area contributed by atoms with Crippen LogP contribution in [0.1, 0.15) is 17.5 Å². The Morgan fingerprint density at radius 3 is 2.92 bits per heavy atom. The summed E-state index contributed by atoms with van der Waals surface area (Å²) in [5, 5.41) is 0.819. The smallest absolute Gasteiger partial charge is 0.0408 e. The minimum atomic E-state index is 0.819. The molecule has 0 aliphatic carbocycles. The van der Waals surface area contributed by atoms with Gasteiger partial charge in [0, 0.05) is 5.02 Å². The predicted octanol–water partition coefficient (Wildman–Crippen LogP) is 3.77. The molecule has 12 heavy (non-hydrogen) atoms. The fraction of sp³-hybridized carbons (Fsp3) is 0.273. The molecule has 0 amide bonds. The van der Waals surface area contributed by atoms with Gasteiger partial charge in [0.2, 0.25) is 0 Å². The summed E-state index contributed by atoms with van der Waals surface area (Å²) in [6.45, 7) is 5.80. The third-order valence-corrected chi connectivity index (χ3v) is 2.16. The van der Waals surface area contributed by atoms with E-state index in [4.69, 9.17) is 11.6 Å². The first kappa shape index (κ1) is 9.34. The molecule has 64 valence electrons. The summed E-state index contributed by atoms with van der Waals surface area (Å²) >= 11 is 5.87. The Hall–Kier alpha value is -0.750. The topological polar surface area (TPSA) is 0 Å². The van der Waals surface area contributed by atoms with Crippen LogP contribution in [0.4, 0.5) is 0 Å². The molecule has 1 aromatic carbocycles. The van der Waals surface area contributed by atoms with Gasteiger partial charge in [-0.25, -0.2) is 0 Å². The highest BCUT2D eigenvalue weighted by atomic mass is 35.5. The van der Waals surface area contributed by atoms with Crippen LogP contribution in [0.25, 0.3) is 0 Å². The van der Waals surface area contributed by atoms with Crippen molar-refractivity contribution < 1.29 is 0 Å². The second-order valence-corrected chi connectivity index (χ2v) is 3.33. The number of halogens is 1. The van der Waals surface area contributed by atoms with E-state index in [-0.39, 0.29) is 0 Å². The Balaban J connectivity index is 2.82. The lowest BCUT2D eigenvalue weighted by molar-refractivity contribution is 0.990. The molecule has 0 unspecified atom stereocenters. The standard InChI is InChI=1S/C11H13Cl/c1-3-4-5-10-8-11(12)7-6-9(10)2/h3,6-8H,1,4-5H2,2H3. The molecule has 1 rings (SSSR count). The number of hydrogen-bond acceptors (Lipinski definition) is 0. The van der Waals surface area contributed by atoms with Crippen molar-refractivity contribution in [1.29, 1.82) is 0 Å². The molecule has 0 bridgehead atoms. The molecular weight excluding hydrogens is 168 g/mol. The first-order valence-electron chi connectivity index (χ1n) is 4.10. The molecule has 0 saturated carbocycles. The summed E-state index contributed by atoms with van der Waals surface area (Å²) in [5.74, 6) is 0. The average molecular weight is 181 g/mol. The second-order valence-electron chi connectivity index (χ2n) is 2.90. The third-order valence-electron chi connectivity index (χ3n) is 1.93. The summed E-state index contributed by atoms with van der Waals surface area (Å²) < 4.78 is 0. The minimum absolute atomic E-state index is 0.819. The Labute approximate surface area is 78.9 Å². The number of aryl methyl sites for hydroxylation is 2. The van der Waals surface area contributed by atoms with Gasteiger partial charge in [-0.15, -0.1) is 6.58 Å². The molecule has 0 nitrogen and oxygen atoms in total. The number of rotatable bonds is 3. The number of hydrogen-bond donors (Lipinski definition) is 0. The van der Waals surface area contributed by atoms with Gasteiger partial charge in [-0.3, -0.25) is 0 Å². The van der Waals surface area contributed by atoms with Gasteiger partial charge in [0.1, 0.15) is 0 Å². The summed E-state index contributed by atoms with van der Waals surface area (Å²) in [5.41, 5.74) is 2.63. The van der Waals surface area contributed by atoms with Crippen molar-refractivity contribution >= 4 is 11.6 Å². The Kier molecular flexibility index (Phi) is 3.36. The number of benzene rings is 1. The second kappa shape index (κ2) is 4.32. The first-order valence-corrected chi connectivity index (χ1v) is 4.48. The highest BCUT2D eigenvalue weighted by Crippen LogP contribution is 2.16. The van der Waals surface area contributed by atoms with Crippen LogP contribution in [0.3, 0.4) is 0 Å². The molecule has 0 aliphatic rings. The SMILES string of the molecule is C=CCCc1cc(Cl)ccc1C. The van der Waals surface area contributed by atoms with Gasteiger partial charge < -0.3 is 0 Å². The van der Waals surface area contributed by atoms with Crippen LogP contribution in [0.15, 0.2) is 30.9 Å². The lowest BCUT2D eigenvalue weighted by Gasteiger charge is -2.03. The Morgan fingerprint density at radius 2 is 2.25 bits per heavy atom. The van der Waals surface area contributed by atoms with Crippen molar-refractivity contribution in [3.05, 3.63) is 47.0 Å². The highest BCUT2D eigenvalue weighted by Gasteiger charge is 1.97. The summed E-state index contributed by atoms with van der Waals surface area (Å²) in [4.78, 5) is 0. The summed E-state index contributed by atoms with van der Waals surface area (Å²) in [6.07, 6.45) is 3.98. The largest absolute Gasteiger partial charge is 0.103 e. The maximum absolute atomic E-state index is 5.87. The van der Waals surface area contributed by atoms with E-state index in [2.05, 4.69) is 19.6 Å². The van der Waals surface area contributed by atoms with Crippen LogP contribution >= 0.6 is 11.6 Å². The van der Waals surface area contributed by atoms with Gasteiger partial charge in [-0.1, -0.05) is 23.7 Å². The molecule has 1 heteroatoms. The molecule has 0 aliphatic heterocycles. The zero-order chi connectivity index (χ0) is 8.97. The van der Waals surface area contributed by atoms with Crippen molar-refractivity contribution in [2.45, 2.75) is 19.8 Å². The summed E-state index contributed by atoms with van der Waals surface area (Å²) in [6, 6.07) is 6.01. The van der Waals surface area contributed by atoms with Gasteiger partial charge >= 0.3 is 0 Å². The quantitative estimate of drug-likeness (QED) is 0.622. The van der Waals surface area contributed by atoms with Gasteiger partial charge in [0.25, 0.3) is 0 Å². The third kappa shape index (κ3) is 2.38. The maximum atomic E-state index is 5.87. The normalized spacial score (nSPS) is 9.83. The number of allylic oxidation sites excluding steroid dienone is 1. The van der Waals surface area contributed by atoms with Gasteiger partial charge in [0.05, 0.1) is 0 Å². The molecule has 0 atom stereocenters. The van der Waals surface area contributed by atoms with E-state index in [1.165, 1.54) is 11.1 Å². The fourth-order valence-corrected chi connectivity index (χ4v) is 1.36. The van der Waals surface area contributed by atoms with E-state index in [1.807, 2.05) is 18.2 Å². The van der Waals surface area contributed by atoms with E-state index in [0.717, 1.165) is 17.9 Å². The zero-order valence-corrected chi connectivity index (χ0v) is 8.06. The van der Waals surface area contributed by atoms with E-state index >= 15 is 0 Å². The minimum Gasteiger partial charge on any atom is -0.103 e.